The summed E-state index contributed by atoms with van der Waals surface area (Å²) in [5, 5.41) is 3.28. The van der Waals surface area contributed by atoms with Gasteiger partial charge in [-0.2, -0.15) is 0 Å². The van der Waals surface area contributed by atoms with E-state index >= 15 is 0 Å². The number of methoxy groups -OCH3 is 1. The van der Waals surface area contributed by atoms with Crippen LogP contribution < -0.4 is 5.32 Å². The Morgan fingerprint density at radius 2 is 1.90 bits per heavy atom. The molecule has 1 aliphatic carbocycles. The van der Waals surface area contributed by atoms with Crippen LogP contribution in [0.25, 0.3) is 0 Å². The highest BCUT2D eigenvalue weighted by molar-refractivity contribution is 5.92. The highest BCUT2D eigenvalue weighted by Gasteiger charge is 2.41. The molecule has 1 saturated carbocycles. The molecule has 1 aromatic rings. The van der Waals surface area contributed by atoms with E-state index in [1.54, 1.807) is 7.11 Å². The molecule has 1 aliphatic rings. The molecule has 0 spiro atoms. The molecule has 1 aromatic carbocycles. The van der Waals surface area contributed by atoms with Crippen molar-refractivity contribution < 1.29 is 9.53 Å². The molecule has 21 heavy (non-hydrogen) atoms. The van der Waals surface area contributed by atoms with Gasteiger partial charge < -0.3 is 10.1 Å². The van der Waals surface area contributed by atoms with Gasteiger partial charge in [-0.05, 0) is 25.3 Å². The molecule has 0 saturated heterocycles. The summed E-state index contributed by atoms with van der Waals surface area (Å²) in [6.07, 6.45) is 4.26. The average Bonchev–Trinajstić information content (AvgIpc) is 2.97. The first-order valence-corrected chi connectivity index (χ1v) is 7.50. The molecular formula is C17H26ClNO2. The van der Waals surface area contributed by atoms with E-state index in [1.165, 1.54) is 5.56 Å². The highest BCUT2D eigenvalue weighted by atomic mass is 35.5. The van der Waals surface area contributed by atoms with Crippen molar-refractivity contribution in [3.05, 3.63) is 35.9 Å². The van der Waals surface area contributed by atoms with Gasteiger partial charge in [0.2, 0.25) is 0 Å². The van der Waals surface area contributed by atoms with Crippen LogP contribution in [0.15, 0.2) is 30.3 Å². The largest absolute Gasteiger partial charge is 0.383 e. The summed E-state index contributed by atoms with van der Waals surface area (Å²) in [6.45, 7) is 3.10. The molecule has 1 atom stereocenters. The zero-order valence-corrected chi connectivity index (χ0v) is 13.7. The minimum absolute atomic E-state index is 0. The van der Waals surface area contributed by atoms with Crippen molar-refractivity contribution in [2.24, 2.45) is 0 Å². The minimum Gasteiger partial charge on any atom is -0.383 e. The Hall–Kier alpha value is -0.900. The molecule has 0 radical (unpaired) electrons. The zero-order chi connectivity index (χ0) is 14.4. The topological polar surface area (TPSA) is 38.3 Å². The second-order valence-corrected chi connectivity index (χ2v) is 5.82. The Morgan fingerprint density at radius 1 is 1.29 bits per heavy atom. The number of carbonyl (C=O) groups excluding carboxylic acids is 1. The summed E-state index contributed by atoms with van der Waals surface area (Å²) >= 11 is 0. The number of nitrogens with one attached hydrogen (secondary N) is 1. The highest BCUT2D eigenvalue weighted by Crippen LogP contribution is 2.41. The molecule has 0 amide bonds. The van der Waals surface area contributed by atoms with Crippen LogP contribution >= 0.6 is 12.4 Å². The van der Waals surface area contributed by atoms with Crippen LogP contribution in [0.5, 0.6) is 0 Å². The van der Waals surface area contributed by atoms with Gasteiger partial charge in [0, 0.05) is 13.2 Å². The SMILES string of the molecule is COCC(C)NCC(=O)C1(c2ccccc2)CCCC1.Cl. The fourth-order valence-corrected chi connectivity index (χ4v) is 3.21. The van der Waals surface area contributed by atoms with E-state index < -0.39 is 0 Å². The summed E-state index contributed by atoms with van der Waals surface area (Å²) in [7, 11) is 1.68. The van der Waals surface area contributed by atoms with Gasteiger partial charge in [-0.25, -0.2) is 0 Å². The van der Waals surface area contributed by atoms with Crippen LogP contribution in [-0.2, 0) is 14.9 Å². The van der Waals surface area contributed by atoms with Crippen molar-refractivity contribution in [2.45, 2.75) is 44.1 Å². The Morgan fingerprint density at radius 3 is 2.48 bits per heavy atom. The first kappa shape index (κ1) is 18.1. The lowest BCUT2D eigenvalue weighted by atomic mass is 9.75. The van der Waals surface area contributed by atoms with Crippen LogP contribution in [0, 0.1) is 0 Å². The summed E-state index contributed by atoms with van der Waals surface area (Å²) in [4.78, 5) is 12.8. The standard InChI is InChI=1S/C17H25NO2.ClH/c1-14(13-20-2)18-12-16(19)17(10-6-7-11-17)15-8-4-3-5-9-15;/h3-5,8-9,14,18H,6-7,10-13H2,1-2H3;1H. The molecule has 4 heteroatoms. The fraction of sp³-hybridized carbons (Fsp3) is 0.588. The van der Waals surface area contributed by atoms with E-state index in [0.717, 1.165) is 25.7 Å². The summed E-state index contributed by atoms with van der Waals surface area (Å²) < 4.78 is 5.10. The molecule has 0 aromatic heterocycles. The summed E-state index contributed by atoms with van der Waals surface area (Å²) in [5.41, 5.74) is 0.921. The van der Waals surface area contributed by atoms with Crippen LogP contribution in [0.2, 0.25) is 0 Å². The lowest BCUT2D eigenvalue weighted by molar-refractivity contribution is -0.123. The van der Waals surface area contributed by atoms with Crippen molar-refractivity contribution in [3.8, 4) is 0 Å². The number of carbonyl (C=O) groups is 1. The summed E-state index contributed by atoms with van der Waals surface area (Å²) in [6, 6.07) is 10.5. The number of hydrogen-bond donors (Lipinski definition) is 1. The van der Waals surface area contributed by atoms with Crippen molar-refractivity contribution in [2.75, 3.05) is 20.3 Å². The van der Waals surface area contributed by atoms with Gasteiger partial charge in [-0.3, -0.25) is 4.79 Å². The lowest BCUT2D eigenvalue weighted by Gasteiger charge is -2.29. The number of benzene rings is 1. The number of halogens is 1. The smallest absolute Gasteiger partial charge is 0.157 e. The van der Waals surface area contributed by atoms with E-state index in [0.29, 0.717) is 18.9 Å². The second-order valence-electron chi connectivity index (χ2n) is 5.82. The predicted molar refractivity (Wildman–Crippen MR) is 88.2 cm³/mol. The van der Waals surface area contributed by atoms with Crippen LogP contribution in [0.4, 0.5) is 0 Å². The summed E-state index contributed by atoms with van der Waals surface area (Å²) in [5.74, 6) is 0.323. The van der Waals surface area contributed by atoms with Crippen LogP contribution in [-0.4, -0.2) is 32.1 Å². The maximum absolute atomic E-state index is 12.8. The number of ether oxygens (including phenoxy) is 1. The van der Waals surface area contributed by atoms with E-state index in [9.17, 15) is 4.79 Å². The first-order chi connectivity index (χ1) is 9.69. The monoisotopic (exact) mass is 311 g/mol. The van der Waals surface area contributed by atoms with Crippen LogP contribution in [0.1, 0.15) is 38.2 Å². The van der Waals surface area contributed by atoms with Crippen molar-refractivity contribution >= 4 is 18.2 Å². The van der Waals surface area contributed by atoms with Gasteiger partial charge in [0.1, 0.15) is 0 Å². The van der Waals surface area contributed by atoms with Crippen LogP contribution in [0.3, 0.4) is 0 Å². The van der Waals surface area contributed by atoms with Gasteiger partial charge in [-0.1, -0.05) is 43.2 Å². The zero-order valence-electron chi connectivity index (χ0n) is 12.9. The number of Topliss-reactive ketones (excluding diaryl/α,β-unsaturated/α-hetero) is 1. The Labute approximate surface area is 133 Å². The van der Waals surface area contributed by atoms with E-state index in [2.05, 4.69) is 17.4 Å². The molecule has 0 heterocycles. The fourth-order valence-electron chi connectivity index (χ4n) is 3.21. The normalized spacial score (nSPS) is 18.0. The molecule has 1 fully saturated rings. The van der Waals surface area contributed by atoms with Gasteiger partial charge in [0.05, 0.1) is 18.6 Å². The van der Waals surface area contributed by atoms with Crippen molar-refractivity contribution in [3.63, 3.8) is 0 Å². The molecule has 118 valence electrons. The quantitative estimate of drug-likeness (QED) is 0.841. The second kappa shape index (κ2) is 8.52. The number of rotatable bonds is 7. The van der Waals surface area contributed by atoms with Gasteiger partial charge in [0.25, 0.3) is 0 Å². The predicted octanol–water partition coefficient (Wildman–Crippen LogP) is 3.11. The Kier molecular flexibility index (Phi) is 7.36. The van der Waals surface area contributed by atoms with Crippen molar-refractivity contribution in [1.82, 2.24) is 5.32 Å². The maximum Gasteiger partial charge on any atom is 0.157 e. The van der Waals surface area contributed by atoms with Gasteiger partial charge in [0.15, 0.2) is 5.78 Å². The Balaban J connectivity index is 0.00000220. The molecule has 1 unspecified atom stereocenters. The van der Waals surface area contributed by atoms with E-state index in [-0.39, 0.29) is 23.9 Å². The third-order valence-corrected chi connectivity index (χ3v) is 4.34. The van der Waals surface area contributed by atoms with E-state index in [1.807, 2.05) is 25.1 Å². The molecule has 0 aliphatic heterocycles. The maximum atomic E-state index is 12.8. The minimum atomic E-state index is -0.263. The lowest BCUT2D eigenvalue weighted by Crippen LogP contribution is -2.43. The molecule has 3 nitrogen and oxygen atoms in total. The molecular weight excluding hydrogens is 286 g/mol. The molecule has 2 rings (SSSR count). The van der Waals surface area contributed by atoms with Gasteiger partial charge in [-0.15, -0.1) is 12.4 Å². The molecule has 0 bridgehead atoms. The molecule has 1 N–H and O–H groups in total. The third kappa shape index (κ3) is 4.29. The van der Waals surface area contributed by atoms with Crippen molar-refractivity contribution in [1.29, 1.82) is 0 Å². The Bertz CT molecular complexity index is 430. The number of hydrogen-bond acceptors (Lipinski definition) is 3. The number of ketones is 1. The third-order valence-electron chi connectivity index (χ3n) is 4.34. The first-order valence-electron chi connectivity index (χ1n) is 7.50. The van der Waals surface area contributed by atoms with Gasteiger partial charge >= 0.3 is 0 Å². The van der Waals surface area contributed by atoms with E-state index in [4.69, 9.17) is 4.74 Å². The average molecular weight is 312 g/mol.